The predicted octanol–water partition coefficient (Wildman–Crippen LogP) is 4.34. The van der Waals surface area contributed by atoms with Crippen molar-refractivity contribution in [2.24, 2.45) is 0 Å². The molecule has 0 N–H and O–H groups in total. The summed E-state index contributed by atoms with van der Waals surface area (Å²) in [5.41, 5.74) is 2.63. The number of pyridine rings is 1. The van der Waals surface area contributed by atoms with Crippen molar-refractivity contribution in [3.63, 3.8) is 0 Å². The lowest BCUT2D eigenvalue weighted by Gasteiger charge is -2.34. The van der Waals surface area contributed by atoms with E-state index in [1.807, 2.05) is 26.8 Å². The number of carbonyl (C=O) groups is 2. The highest BCUT2D eigenvalue weighted by Crippen LogP contribution is 2.39. The molecule has 0 atom stereocenters. The minimum Gasteiger partial charge on any atom is -0.490 e. The monoisotopic (exact) mass is 500 g/mol. The van der Waals surface area contributed by atoms with E-state index >= 15 is 0 Å². The Morgan fingerprint density at radius 2 is 1.83 bits per heavy atom. The Kier molecular flexibility index (Phi) is 7.06. The van der Waals surface area contributed by atoms with E-state index in [2.05, 4.69) is 15.2 Å². The Labute approximate surface area is 208 Å². The van der Waals surface area contributed by atoms with Crippen LogP contribution in [0.1, 0.15) is 56.4 Å². The van der Waals surface area contributed by atoms with E-state index in [1.165, 1.54) is 0 Å². The Morgan fingerprint density at radius 3 is 2.47 bits per heavy atom. The van der Waals surface area contributed by atoms with Crippen molar-refractivity contribution < 1.29 is 27.8 Å². The van der Waals surface area contributed by atoms with Crippen LogP contribution in [0.15, 0.2) is 30.3 Å². The Hall–Kier alpha value is -3.43. The average Bonchev–Trinajstić information content (AvgIpc) is 3.22. The molecule has 2 aromatic rings. The third kappa shape index (κ3) is 6.83. The summed E-state index contributed by atoms with van der Waals surface area (Å²) in [4.78, 5) is 30.8. The number of alkyl halides is 2. The Bertz CT molecular complexity index is 1170. The molecule has 4 rings (SSSR count). The van der Waals surface area contributed by atoms with Crippen LogP contribution < -0.4 is 4.74 Å². The van der Waals surface area contributed by atoms with Gasteiger partial charge in [0.1, 0.15) is 23.2 Å². The summed E-state index contributed by atoms with van der Waals surface area (Å²) in [6.45, 7) is 8.04. The van der Waals surface area contributed by atoms with Crippen LogP contribution in [0.4, 0.5) is 13.6 Å². The first-order chi connectivity index (χ1) is 16.8. The third-order valence-electron chi connectivity index (χ3n) is 5.71. The van der Waals surface area contributed by atoms with Crippen molar-refractivity contribution in [1.82, 2.24) is 20.1 Å². The molecule has 1 aliphatic heterocycles. The number of ketones is 1. The number of hydrogen-bond acceptors (Lipinski definition) is 7. The summed E-state index contributed by atoms with van der Waals surface area (Å²) in [5, 5.41) is 8.41. The standard InChI is InChI=1S/C26H30F2N4O4/c1-16-9-21(35-22-13-26(27,28)14-22)12-19(29-16)11-20(33)10-18-5-6-23(31-30-18)17-7-8-32(15-17)24(34)36-25(2,3)4/h5-7,9,12,22H,8,10-11,13-15H2,1-4H3. The van der Waals surface area contributed by atoms with Crippen LogP contribution in [0.3, 0.4) is 0 Å². The van der Waals surface area contributed by atoms with Gasteiger partial charge in [0.25, 0.3) is 5.92 Å². The lowest BCUT2D eigenvalue weighted by atomic mass is 9.91. The molecule has 10 heteroatoms. The van der Waals surface area contributed by atoms with Crippen LogP contribution in [0.25, 0.3) is 5.57 Å². The molecule has 0 bridgehead atoms. The first kappa shape index (κ1) is 25.7. The van der Waals surface area contributed by atoms with Crippen molar-refractivity contribution in [2.45, 2.75) is 71.0 Å². The molecule has 1 aliphatic carbocycles. The fraction of sp³-hybridized carbons (Fsp3) is 0.500. The fourth-order valence-electron chi connectivity index (χ4n) is 4.04. The van der Waals surface area contributed by atoms with Crippen LogP contribution >= 0.6 is 0 Å². The molecular weight excluding hydrogens is 470 g/mol. The summed E-state index contributed by atoms with van der Waals surface area (Å²) in [7, 11) is 0. The van der Waals surface area contributed by atoms with Crippen molar-refractivity contribution in [3.8, 4) is 5.75 Å². The van der Waals surface area contributed by atoms with Gasteiger partial charge >= 0.3 is 6.09 Å². The molecule has 0 unspecified atom stereocenters. The zero-order valence-electron chi connectivity index (χ0n) is 20.9. The van der Waals surface area contributed by atoms with Gasteiger partial charge in [-0.3, -0.25) is 9.78 Å². The number of ether oxygens (including phenoxy) is 2. The van der Waals surface area contributed by atoms with Gasteiger partial charge in [-0.2, -0.15) is 10.2 Å². The molecule has 0 saturated heterocycles. The maximum absolute atomic E-state index is 13.1. The molecule has 0 aromatic carbocycles. The van der Waals surface area contributed by atoms with Crippen LogP contribution in [-0.4, -0.2) is 62.7 Å². The van der Waals surface area contributed by atoms with Crippen molar-refractivity contribution in [2.75, 3.05) is 13.1 Å². The molecule has 0 radical (unpaired) electrons. The second-order valence-corrected chi connectivity index (χ2v) is 10.3. The number of carbonyl (C=O) groups excluding carboxylic acids is 2. The quantitative estimate of drug-likeness (QED) is 0.558. The first-order valence-electron chi connectivity index (χ1n) is 11.9. The van der Waals surface area contributed by atoms with Gasteiger partial charge in [0.2, 0.25) is 0 Å². The molecule has 8 nitrogen and oxygen atoms in total. The van der Waals surface area contributed by atoms with Gasteiger partial charge in [-0.1, -0.05) is 6.08 Å². The highest BCUT2D eigenvalue weighted by molar-refractivity contribution is 5.82. The van der Waals surface area contributed by atoms with Gasteiger partial charge in [0.05, 0.1) is 30.0 Å². The van der Waals surface area contributed by atoms with Crippen molar-refractivity contribution in [3.05, 3.63) is 53.1 Å². The highest BCUT2D eigenvalue weighted by Gasteiger charge is 2.47. The van der Waals surface area contributed by atoms with Gasteiger partial charge in [-0.05, 0) is 45.4 Å². The molecule has 0 spiro atoms. The fourth-order valence-corrected chi connectivity index (χ4v) is 4.04. The van der Waals surface area contributed by atoms with Gasteiger partial charge < -0.3 is 14.4 Å². The Balaban J connectivity index is 1.30. The zero-order chi connectivity index (χ0) is 26.1. The highest BCUT2D eigenvalue weighted by atomic mass is 19.3. The number of aryl methyl sites for hydroxylation is 1. The number of amides is 1. The second kappa shape index (κ2) is 9.91. The van der Waals surface area contributed by atoms with Gasteiger partial charge in [0, 0.05) is 43.6 Å². The minimum absolute atomic E-state index is 0.0678. The maximum Gasteiger partial charge on any atom is 0.410 e. The number of rotatable bonds is 7. The summed E-state index contributed by atoms with van der Waals surface area (Å²) >= 11 is 0. The van der Waals surface area contributed by atoms with Crippen LogP contribution in [0.2, 0.25) is 0 Å². The van der Waals surface area contributed by atoms with Crippen LogP contribution in [0.5, 0.6) is 5.75 Å². The molecule has 2 aromatic heterocycles. The van der Waals surface area contributed by atoms with E-state index in [1.54, 1.807) is 36.1 Å². The third-order valence-corrected chi connectivity index (χ3v) is 5.71. The molecule has 36 heavy (non-hydrogen) atoms. The molecule has 1 amide bonds. The molecule has 1 saturated carbocycles. The lowest BCUT2D eigenvalue weighted by Crippen LogP contribution is -2.43. The minimum atomic E-state index is -2.66. The molecule has 2 aliphatic rings. The van der Waals surface area contributed by atoms with E-state index in [-0.39, 0.29) is 37.6 Å². The Morgan fingerprint density at radius 1 is 1.11 bits per heavy atom. The second-order valence-electron chi connectivity index (χ2n) is 10.3. The van der Waals surface area contributed by atoms with Crippen molar-refractivity contribution in [1.29, 1.82) is 0 Å². The number of Topliss-reactive ketones (excluding diaryl/α,β-unsaturated/α-hetero) is 1. The maximum atomic E-state index is 13.1. The smallest absolute Gasteiger partial charge is 0.410 e. The predicted molar refractivity (Wildman–Crippen MR) is 128 cm³/mol. The van der Waals surface area contributed by atoms with E-state index in [0.717, 1.165) is 5.57 Å². The first-order valence-corrected chi connectivity index (χ1v) is 11.9. The normalized spacial score (nSPS) is 17.4. The molecule has 1 fully saturated rings. The summed E-state index contributed by atoms with van der Waals surface area (Å²) < 4.78 is 37.2. The summed E-state index contributed by atoms with van der Waals surface area (Å²) in [5.74, 6) is -2.32. The lowest BCUT2D eigenvalue weighted by molar-refractivity contribution is -0.134. The van der Waals surface area contributed by atoms with E-state index < -0.39 is 17.6 Å². The largest absolute Gasteiger partial charge is 0.490 e. The number of nitrogens with zero attached hydrogens (tertiary/aromatic N) is 4. The topological polar surface area (TPSA) is 94.5 Å². The number of halogens is 2. The van der Waals surface area contributed by atoms with E-state index in [4.69, 9.17) is 9.47 Å². The zero-order valence-corrected chi connectivity index (χ0v) is 20.9. The molecule has 3 heterocycles. The van der Waals surface area contributed by atoms with Gasteiger partial charge in [0.15, 0.2) is 0 Å². The van der Waals surface area contributed by atoms with Crippen LogP contribution in [-0.2, 0) is 22.4 Å². The van der Waals surface area contributed by atoms with Gasteiger partial charge in [-0.15, -0.1) is 0 Å². The van der Waals surface area contributed by atoms with Crippen molar-refractivity contribution >= 4 is 17.4 Å². The van der Waals surface area contributed by atoms with E-state index in [9.17, 15) is 18.4 Å². The summed E-state index contributed by atoms with van der Waals surface area (Å²) in [6, 6.07) is 6.83. The molecule has 192 valence electrons. The van der Waals surface area contributed by atoms with Crippen LogP contribution in [0, 0.1) is 6.92 Å². The molecular formula is C26H30F2N4O4. The van der Waals surface area contributed by atoms with E-state index in [0.29, 0.717) is 41.6 Å². The average molecular weight is 501 g/mol. The van der Waals surface area contributed by atoms with Gasteiger partial charge in [-0.25, -0.2) is 13.6 Å². The SMILES string of the molecule is Cc1cc(OC2CC(F)(F)C2)cc(CC(=O)Cc2ccc(C3=CCN(C(=O)OC(C)(C)C)C3)nn2)n1. The number of aromatic nitrogens is 3. The number of hydrogen-bond donors (Lipinski definition) is 0. The summed E-state index contributed by atoms with van der Waals surface area (Å²) in [6.07, 6.45) is 0.556.